The van der Waals surface area contributed by atoms with E-state index in [1.165, 1.54) is 0 Å². The number of nitrogens with one attached hydrogen (secondary N) is 2. The van der Waals surface area contributed by atoms with Crippen LogP contribution in [0, 0.1) is 6.92 Å². The lowest BCUT2D eigenvalue weighted by atomic mass is 10.1. The number of benzene rings is 2. The smallest absolute Gasteiger partial charge is 0.224 e. The molecule has 2 N–H and O–H groups in total. The van der Waals surface area contributed by atoms with Gasteiger partial charge in [-0.3, -0.25) is 4.79 Å². The lowest BCUT2D eigenvalue weighted by Crippen LogP contribution is -2.12. The van der Waals surface area contributed by atoms with Gasteiger partial charge < -0.3 is 15.0 Å². The molecule has 2 aromatic carbocycles. The predicted octanol–water partition coefficient (Wildman–Crippen LogP) is 3.97. The van der Waals surface area contributed by atoms with Crippen LogP contribution < -0.4 is 10.1 Å². The average molecular weight is 335 g/mol. The second-order valence-electron chi connectivity index (χ2n) is 5.86. The number of carbonyl (C=O) groups is 1. The van der Waals surface area contributed by atoms with E-state index in [4.69, 9.17) is 4.74 Å². The van der Waals surface area contributed by atoms with Gasteiger partial charge in [-0.1, -0.05) is 24.3 Å². The molecule has 0 aliphatic rings. The lowest BCUT2D eigenvalue weighted by Gasteiger charge is -2.07. The molecular weight excluding hydrogens is 314 g/mol. The molecule has 0 fully saturated rings. The molecule has 0 saturated carbocycles. The molecule has 0 spiro atoms. The third-order valence-corrected chi connectivity index (χ3v) is 3.96. The Morgan fingerprint density at radius 2 is 2.00 bits per heavy atom. The Morgan fingerprint density at radius 1 is 1.20 bits per heavy atom. The summed E-state index contributed by atoms with van der Waals surface area (Å²) in [6, 6.07) is 15.5. The second kappa shape index (κ2) is 7.66. The Balaban J connectivity index is 1.59. The topological polar surface area (TPSA) is 67.0 Å². The summed E-state index contributed by atoms with van der Waals surface area (Å²) in [6.07, 6.45) is 2.91. The summed E-state index contributed by atoms with van der Waals surface area (Å²) in [7, 11) is 1.64. The summed E-state index contributed by atoms with van der Waals surface area (Å²) in [5, 5.41) is 2.95. The van der Waals surface area contributed by atoms with Crippen LogP contribution in [0.1, 0.15) is 17.8 Å². The van der Waals surface area contributed by atoms with E-state index >= 15 is 0 Å². The Hall–Kier alpha value is -3.08. The van der Waals surface area contributed by atoms with Gasteiger partial charge in [0.15, 0.2) is 0 Å². The molecule has 0 saturated heterocycles. The highest BCUT2D eigenvalue weighted by Crippen LogP contribution is 2.21. The standard InChI is InChI=1S/C20H21N3O2/c1-14-21-13-19(22-14)16-4-3-5-17(12-16)23-20(24)11-8-15-6-9-18(25-2)10-7-15/h3-7,9-10,12-13H,8,11H2,1-2H3,(H,21,22)(H,23,24). The number of H-pyrrole nitrogens is 1. The largest absolute Gasteiger partial charge is 0.497 e. The highest BCUT2D eigenvalue weighted by Gasteiger charge is 2.06. The van der Waals surface area contributed by atoms with Crippen molar-refractivity contribution in [2.75, 3.05) is 12.4 Å². The molecule has 5 heteroatoms. The van der Waals surface area contributed by atoms with E-state index in [0.717, 1.165) is 34.1 Å². The van der Waals surface area contributed by atoms with Gasteiger partial charge >= 0.3 is 0 Å². The molecule has 3 aromatic rings. The number of carbonyl (C=O) groups excluding carboxylic acids is 1. The highest BCUT2D eigenvalue weighted by molar-refractivity contribution is 5.91. The summed E-state index contributed by atoms with van der Waals surface area (Å²) < 4.78 is 5.14. The van der Waals surface area contributed by atoms with Crippen molar-refractivity contribution in [3.63, 3.8) is 0 Å². The zero-order valence-corrected chi connectivity index (χ0v) is 14.4. The van der Waals surface area contributed by atoms with Crippen LogP contribution in [0.15, 0.2) is 54.7 Å². The number of imidazole rings is 1. The van der Waals surface area contributed by atoms with Crippen molar-refractivity contribution in [3.8, 4) is 17.0 Å². The number of rotatable bonds is 6. The molecule has 3 rings (SSSR count). The summed E-state index contributed by atoms with van der Waals surface area (Å²) in [5.41, 5.74) is 3.82. The van der Waals surface area contributed by atoms with Gasteiger partial charge in [0.05, 0.1) is 19.0 Å². The minimum Gasteiger partial charge on any atom is -0.497 e. The van der Waals surface area contributed by atoms with E-state index in [0.29, 0.717) is 12.8 Å². The fraction of sp³-hybridized carbons (Fsp3) is 0.200. The summed E-state index contributed by atoms with van der Waals surface area (Å²) in [4.78, 5) is 19.6. The van der Waals surface area contributed by atoms with Gasteiger partial charge in [0.1, 0.15) is 11.6 Å². The molecule has 128 valence electrons. The minimum absolute atomic E-state index is 0.00578. The summed E-state index contributed by atoms with van der Waals surface area (Å²) in [5.74, 6) is 1.68. The van der Waals surface area contributed by atoms with Crippen LogP contribution in [0.5, 0.6) is 5.75 Å². The van der Waals surface area contributed by atoms with Crippen molar-refractivity contribution in [1.29, 1.82) is 0 Å². The van der Waals surface area contributed by atoms with Crippen LogP contribution in [0.4, 0.5) is 5.69 Å². The number of aromatic nitrogens is 2. The van der Waals surface area contributed by atoms with Crippen LogP contribution in [0.2, 0.25) is 0 Å². The first-order valence-electron chi connectivity index (χ1n) is 8.19. The lowest BCUT2D eigenvalue weighted by molar-refractivity contribution is -0.116. The van der Waals surface area contributed by atoms with Gasteiger partial charge in [-0.05, 0) is 43.2 Å². The molecule has 5 nitrogen and oxygen atoms in total. The van der Waals surface area contributed by atoms with E-state index in [1.54, 1.807) is 13.3 Å². The Kier molecular flexibility index (Phi) is 5.14. The van der Waals surface area contributed by atoms with Crippen LogP contribution in [0.3, 0.4) is 0 Å². The molecule has 0 unspecified atom stereocenters. The number of amides is 1. The van der Waals surface area contributed by atoms with E-state index in [1.807, 2.05) is 55.5 Å². The Labute approximate surface area is 147 Å². The first-order valence-corrected chi connectivity index (χ1v) is 8.19. The number of methoxy groups -OCH3 is 1. The quantitative estimate of drug-likeness (QED) is 0.716. The van der Waals surface area contributed by atoms with Crippen molar-refractivity contribution in [2.24, 2.45) is 0 Å². The maximum absolute atomic E-state index is 12.2. The van der Waals surface area contributed by atoms with Crippen LogP contribution in [-0.4, -0.2) is 23.0 Å². The number of hydrogen-bond acceptors (Lipinski definition) is 3. The molecule has 0 atom stereocenters. The van der Waals surface area contributed by atoms with Crippen molar-refractivity contribution in [3.05, 3.63) is 66.1 Å². The zero-order valence-electron chi connectivity index (χ0n) is 14.4. The molecule has 1 heterocycles. The number of hydrogen-bond donors (Lipinski definition) is 2. The highest BCUT2D eigenvalue weighted by atomic mass is 16.5. The molecule has 0 bridgehead atoms. The molecule has 1 aromatic heterocycles. The van der Waals surface area contributed by atoms with Gasteiger partial charge in [-0.15, -0.1) is 0 Å². The first kappa shape index (κ1) is 16.8. The maximum atomic E-state index is 12.2. The molecular formula is C20H21N3O2. The summed E-state index contributed by atoms with van der Waals surface area (Å²) in [6.45, 7) is 1.91. The van der Waals surface area contributed by atoms with Crippen LogP contribution in [0.25, 0.3) is 11.3 Å². The predicted molar refractivity (Wildman–Crippen MR) is 98.7 cm³/mol. The number of aromatic amines is 1. The van der Waals surface area contributed by atoms with E-state index in [-0.39, 0.29) is 5.91 Å². The van der Waals surface area contributed by atoms with Gasteiger partial charge in [0.25, 0.3) is 0 Å². The normalized spacial score (nSPS) is 10.5. The van der Waals surface area contributed by atoms with E-state index < -0.39 is 0 Å². The zero-order chi connectivity index (χ0) is 17.6. The van der Waals surface area contributed by atoms with Gasteiger partial charge in [-0.25, -0.2) is 4.98 Å². The van der Waals surface area contributed by atoms with E-state index in [9.17, 15) is 4.79 Å². The fourth-order valence-corrected chi connectivity index (χ4v) is 2.61. The molecule has 0 radical (unpaired) electrons. The molecule has 0 aliphatic carbocycles. The molecule has 0 aliphatic heterocycles. The van der Waals surface area contributed by atoms with Crippen molar-refractivity contribution in [2.45, 2.75) is 19.8 Å². The molecule has 1 amide bonds. The first-order chi connectivity index (χ1) is 12.1. The van der Waals surface area contributed by atoms with Gasteiger partial charge in [0, 0.05) is 17.7 Å². The van der Waals surface area contributed by atoms with Crippen LogP contribution in [-0.2, 0) is 11.2 Å². The third kappa shape index (κ3) is 4.47. The minimum atomic E-state index is -0.00578. The number of nitrogens with zero attached hydrogens (tertiary/aromatic N) is 1. The fourth-order valence-electron chi connectivity index (χ4n) is 2.61. The van der Waals surface area contributed by atoms with Crippen molar-refractivity contribution >= 4 is 11.6 Å². The Morgan fingerprint density at radius 3 is 2.68 bits per heavy atom. The Bertz CT molecular complexity index is 853. The van der Waals surface area contributed by atoms with Gasteiger partial charge in [0.2, 0.25) is 5.91 Å². The number of anilines is 1. The number of ether oxygens (including phenoxy) is 1. The maximum Gasteiger partial charge on any atom is 0.224 e. The summed E-state index contributed by atoms with van der Waals surface area (Å²) >= 11 is 0. The van der Waals surface area contributed by atoms with Crippen molar-refractivity contribution in [1.82, 2.24) is 9.97 Å². The monoisotopic (exact) mass is 335 g/mol. The van der Waals surface area contributed by atoms with Gasteiger partial charge in [-0.2, -0.15) is 0 Å². The number of aryl methyl sites for hydroxylation is 2. The SMILES string of the molecule is COc1ccc(CCC(=O)Nc2cccc(-c3cnc(C)[nH]3)c2)cc1. The molecule has 25 heavy (non-hydrogen) atoms. The average Bonchev–Trinajstić information content (AvgIpc) is 3.07. The van der Waals surface area contributed by atoms with Crippen molar-refractivity contribution < 1.29 is 9.53 Å². The van der Waals surface area contributed by atoms with Crippen LogP contribution >= 0.6 is 0 Å². The third-order valence-electron chi connectivity index (χ3n) is 3.96. The second-order valence-corrected chi connectivity index (χ2v) is 5.86. The van der Waals surface area contributed by atoms with E-state index in [2.05, 4.69) is 15.3 Å².